The number of amides is 5. The predicted molar refractivity (Wildman–Crippen MR) is 248 cm³/mol. The van der Waals surface area contributed by atoms with Gasteiger partial charge in [0.1, 0.15) is 17.6 Å². The maximum absolute atomic E-state index is 12.1. The van der Waals surface area contributed by atoms with Crippen molar-refractivity contribution in [3.05, 3.63) is 108 Å². The number of hydrogen-bond acceptors (Lipinski definition) is 13. The van der Waals surface area contributed by atoms with E-state index in [4.69, 9.17) is 29.3 Å². The normalized spacial score (nSPS) is 22.9. The first-order valence-corrected chi connectivity index (χ1v) is 22.4. The van der Waals surface area contributed by atoms with Crippen LogP contribution in [0.1, 0.15) is 43.4 Å². The van der Waals surface area contributed by atoms with E-state index in [0.717, 1.165) is 29.9 Å². The van der Waals surface area contributed by atoms with Crippen LogP contribution in [-0.2, 0) is 77.1 Å². The lowest BCUT2D eigenvalue weighted by Gasteiger charge is -2.45. The van der Waals surface area contributed by atoms with Gasteiger partial charge in [0.05, 0.1) is 64.2 Å². The number of aliphatic hydroxyl groups excluding tert-OH is 1. The Balaban J connectivity index is 0.000000247. The second kappa shape index (κ2) is 28.0. The van der Waals surface area contributed by atoms with E-state index in [0.29, 0.717) is 19.8 Å². The van der Waals surface area contributed by atoms with E-state index in [2.05, 4.69) is 29.1 Å². The molecule has 3 aromatic rings. The number of aliphatic carboxylic acids is 1. The number of carbonyl (C=O) groups is 7. The topological polar surface area (TPSA) is 238 Å². The number of Topliss-reactive ketones (excluding diaryl/α,β-unsaturated/α-hetero) is 1. The van der Waals surface area contributed by atoms with E-state index in [1.165, 1.54) is 42.0 Å². The fourth-order valence-electron chi connectivity index (χ4n) is 8.31. The minimum atomic E-state index is -1.08. The van der Waals surface area contributed by atoms with Crippen LogP contribution in [0.5, 0.6) is 0 Å². The van der Waals surface area contributed by atoms with Crippen LogP contribution < -0.4 is 0 Å². The molecule has 4 aliphatic rings. The van der Waals surface area contributed by atoms with E-state index in [1.807, 2.05) is 85.6 Å². The lowest BCUT2D eigenvalue weighted by Crippen LogP contribution is -2.65. The summed E-state index contributed by atoms with van der Waals surface area (Å²) in [7, 11) is 9.55. The van der Waals surface area contributed by atoms with Crippen molar-refractivity contribution in [1.29, 1.82) is 0 Å². The Morgan fingerprint density at radius 2 is 1.03 bits per heavy atom. The Morgan fingerprint density at radius 3 is 1.45 bits per heavy atom. The Morgan fingerprint density at radius 1 is 0.623 bits per heavy atom. The van der Waals surface area contributed by atoms with Gasteiger partial charge in [-0.1, -0.05) is 97.9 Å². The number of likely N-dealkylation sites (N-methyl/N-ethyl adjacent to an activating group) is 3. The fraction of sp³-hybridized carbons (Fsp3) is 0.480. The lowest BCUT2D eigenvalue weighted by molar-refractivity contribution is -0.192. The quantitative estimate of drug-likeness (QED) is 0.112. The summed E-state index contributed by atoms with van der Waals surface area (Å²) in [6.07, 6.45) is 2.96. The number of ether oxygens (including phenoxy) is 2. The molecule has 4 heterocycles. The molecule has 3 aromatic carbocycles. The van der Waals surface area contributed by atoms with Gasteiger partial charge in [-0.15, -0.1) is 0 Å². The number of aryl methyl sites for hydroxylation is 1. The molecule has 0 aromatic heterocycles. The highest BCUT2D eigenvalue weighted by molar-refractivity contribution is 6.06. The smallest absolute Gasteiger partial charge is 0.373 e. The van der Waals surface area contributed by atoms with Crippen LogP contribution in [-0.4, -0.2) is 169 Å². The Bertz CT molecular complexity index is 2190. The molecule has 0 radical (unpaired) electrons. The molecule has 374 valence electrons. The summed E-state index contributed by atoms with van der Waals surface area (Å²) in [5, 5.41) is 18.8. The summed E-state index contributed by atoms with van der Waals surface area (Å²) >= 11 is 0. The minimum absolute atomic E-state index is 0.0000463. The number of carboxylic acids is 1. The second-order valence-corrected chi connectivity index (χ2v) is 16.8. The number of β-lactam (4-membered cyclic amide) rings is 4. The molecule has 69 heavy (non-hydrogen) atoms. The van der Waals surface area contributed by atoms with Gasteiger partial charge < -0.3 is 39.3 Å². The summed E-state index contributed by atoms with van der Waals surface area (Å²) in [5.41, 5.74) is 3.48. The number of ketones is 1. The molecule has 0 bridgehead atoms. The molecule has 0 spiro atoms. The van der Waals surface area contributed by atoms with E-state index < -0.39 is 29.8 Å². The fourth-order valence-corrected chi connectivity index (χ4v) is 8.31. The minimum Gasteiger partial charge on any atom is -0.481 e. The van der Waals surface area contributed by atoms with Crippen molar-refractivity contribution in [2.45, 2.75) is 70.5 Å². The molecule has 4 saturated heterocycles. The molecule has 0 saturated carbocycles. The zero-order valence-electron chi connectivity index (χ0n) is 40.5. The zero-order valence-corrected chi connectivity index (χ0v) is 40.5. The van der Waals surface area contributed by atoms with E-state index in [9.17, 15) is 33.6 Å². The van der Waals surface area contributed by atoms with Gasteiger partial charge in [-0.2, -0.15) is 9.59 Å². The Labute approximate surface area is 402 Å². The molecule has 4 fully saturated rings. The van der Waals surface area contributed by atoms with E-state index >= 15 is 0 Å². The van der Waals surface area contributed by atoms with Crippen molar-refractivity contribution in [2.24, 2.45) is 23.7 Å². The molecule has 19 nitrogen and oxygen atoms in total. The van der Waals surface area contributed by atoms with Crippen molar-refractivity contribution in [3.63, 3.8) is 0 Å². The van der Waals surface area contributed by atoms with Crippen molar-refractivity contribution < 1.29 is 67.7 Å². The summed E-state index contributed by atoms with van der Waals surface area (Å²) in [4.78, 5) is 106. The first kappa shape index (κ1) is 56.7. The highest BCUT2D eigenvalue weighted by atomic mass is 16.7. The third-order valence-electron chi connectivity index (χ3n) is 12.7. The third-order valence-corrected chi connectivity index (χ3v) is 12.7. The first-order valence-electron chi connectivity index (χ1n) is 22.4. The van der Waals surface area contributed by atoms with Crippen molar-refractivity contribution in [1.82, 2.24) is 24.7 Å². The molecule has 5 amide bonds. The SMILES string of the molecule is CC[C@H]1[C@@H](C(C)=O)C(=O)N1C.CN1C(=O)[C@@H](CCc2ccccc2)[C@@H]1COCc1ccccc1.CN1C(=O)[C@H](C(=O)O)[C@H]1COCc1ccccc1.CON(C)C(=O)[C@@H]1C(=O)N(C)[C@H]1CO.O=C=O. The van der Waals surface area contributed by atoms with E-state index in [-0.39, 0.29) is 78.7 Å². The van der Waals surface area contributed by atoms with Crippen LogP contribution >= 0.6 is 0 Å². The molecule has 0 aliphatic carbocycles. The average Bonchev–Trinajstić information content (AvgIpc) is 3.36. The molecule has 8 atom stereocenters. The predicted octanol–water partition coefficient (Wildman–Crippen LogP) is 2.35. The number of hydroxylamine groups is 2. The maximum atomic E-state index is 12.1. The van der Waals surface area contributed by atoms with Gasteiger partial charge >= 0.3 is 12.1 Å². The molecule has 4 aliphatic heterocycles. The Hall–Kier alpha value is -6.63. The van der Waals surface area contributed by atoms with Gasteiger partial charge in [0.15, 0.2) is 5.92 Å². The molecule has 19 heteroatoms. The molecular formula is C50H65N5O14. The van der Waals surface area contributed by atoms with Gasteiger partial charge in [0.2, 0.25) is 23.6 Å². The van der Waals surface area contributed by atoms with Gasteiger partial charge in [-0.3, -0.25) is 38.4 Å². The molecule has 2 N–H and O–H groups in total. The number of nitrogens with zero attached hydrogens (tertiary/aromatic N) is 5. The Kier molecular flexibility index (Phi) is 23.0. The van der Waals surface area contributed by atoms with Crippen LogP contribution in [0, 0.1) is 23.7 Å². The molecule has 0 unspecified atom stereocenters. The second-order valence-electron chi connectivity index (χ2n) is 16.8. The van der Waals surface area contributed by atoms with Crippen molar-refractivity contribution >= 4 is 47.4 Å². The highest BCUT2D eigenvalue weighted by Crippen LogP contribution is 2.31. The molecule has 7 rings (SSSR count). The van der Waals surface area contributed by atoms with Gasteiger partial charge in [-0.05, 0) is 42.9 Å². The first-order chi connectivity index (χ1) is 32.9. The van der Waals surface area contributed by atoms with Crippen molar-refractivity contribution in [2.75, 3.05) is 62.2 Å². The largest absolute Gasteiger partial charge is 0.481 e. The van der Waals surface area contributed by atoms with Crippen LogP contribution in [0.2, 0.25) is 0 Å². The van der Waals surface area contributed by atoms with Gasteiger partial charge in [-0.25, -0.2) is 5.06 Å². The van der Waals surface area contributed by atoms with Gasteiger partial charge in [0.25, 0.3) is 5.91 Å². The zero-order chi connectivity index (χ0) is 51.4. The molecular weight excluding hydrogens is 895 g/mol. The highest BCUT2D eigenvalue weighted by Gasteiger charge is 2.51. The standard InChI is InChI=1S/C20H23NO2.C13H15NO4.C8H14N2O4.C8H13NO2.CO2/c1-21-19(15-23-14-17-10-6-3-7-11-17)18(20(21)22)13-12-16-8-4-2-5-9-16;1-14-10(11(12(14)15)13(16)17)8-18-7-9-5-3-2-4-6-9;1-9-5(4-11)6(7(9)12)8(13)10(2)14-3;1-4-6-7(5(2)10)8(11)9(6)3;2-1-3/h2-11,18-19H,12-15H2,1H3;2-6,10-11H,7-8H2,1H3,(H,16,17);5-6,11H,4H2,1-3H3;6-7H,4H2,1-3H3;/t18-,19-;10-,11-;5-,6-;6-,7+;/m0100./s1. The number of hydrogen-bond donors (Lipinski definition) is 2. The monoisotopic (exact) mass is 959 g/mol. The number of likely N-dealkylation sites (tertiary alicyclic amines) is 4. The number of benzene rings is 3. The maximum Gasteiger partial charge on any atom is 0.373 e. The number of carbonyl (C=O) groups excluding carboxylic acids is 8. The summed E-state index contributed by atoms with van der Waals surface area (Å²) < 4.78 is 11.3. The third kappa shape index (κ3) is 14.9. The van der Waals surface area contributed by atoms with E-state index in [1.54, 1.807) is 26.0 Å². The van der Waals surface area contributed by atoms with Crippen molar-refractivity contribution in [3.8, 4) is 0 Å². The number of aliphatic hydroxyl groups is 1. The number of carboxylic acid groups (broad SMARTS) is 1. The average molecular weight is 960 g/mol. The van der Waals surface area contributed by atoms with Crippen LogP contribution in [0.25, 0.3) is 0 Å². The van der Waals surface area contributed by atoms with Gasteiger partial charge in [0, 0.05) is 41.3 Å². The summed E-state index contributed by atoms with van der Waals surface area (Å²) in [6.45, 7) is 5.14. The van der Waals surface area contributed by atoms with Crippen LogP contribution in [0.15, 0.2) is 91.0 Å². The summed E-state index contributed by atoms with van der Waals surface area (Å²) in [6, 6.07) is 29.7. The number of rotatable bonds is 17. The van der Waals surface area contributed by atoms with Crippen LogP contribution in [0.4, 0.5) is 0 Å². The summed E-state index contributed by atoms with van der Waals surface area (Å²) in [5.74, 6) is -3.91. The lowest BCUT2D eigenvalue weighted by atomic mass is 9.83. The van der Waals surface area contributed by atoms with Crippen LogP contribution in [0.3, 0.4) is 0 Å².